The van der Waals surface area contributed by atoms with E-state index in [1.165, 1.54) is 10.9 Å². The lowest BCUT2D eigenvalue weighted by Gasteiger charge is -2.13. The fraction of sp³-hybridized carbons (Fsp3) is 0.438. The quantitative estimate of drug-likeness (QED) is 0.665. The number of aromatic nitrogens is 1. The van der Waals surface area contributed by atoms with E-state index in [1.807, 2.05) is 6.07 Å². The minimum absolute atomic E-state index is 0.529. The second kappa shape index (κ2) is 5.19. The Morgan fingerprint density at radius 2 is 2.20 bits per heavy atom. The predicted molar refractivity (Wildman–Crippen MR) is 82.3 cm³/mol. The van der Waals surface area contributed by atoms with Crippen molar-refractivity contribution in [1.29, 1.82) is 0 Å². The van der Waals surface area contributed by atoms with E-state index < -0.39 is 0 Å². The molecule has 0 atom stereocenters. The second-order valence-electron chi connectivity index (χ2n) is 5.82. The molecule has 0 unspecified atom stereocenters. The zero-order chi connectivity index (χ0) is 14.1. The minimum atomic E-state index is 0.529. The number of rotatable bonds is 3. The smallest absolute Gasteiger partial charge is 0.120 e. The Morgan fingerprint density at radius 1 is 1.35 bits per heavy atom. The Kier molecular flexibility index (Phi) is 3.38. The van der Waals surface area contributed by atoms with Gasteiger partial charge >= 0.3 is 0 Å². The minimum Gasteiger partial charge on any atom is -0.493 e. The monoisotopic (exact) mass is 271 g/mol. The van der Waals surface area contributed by atoms with Gasteiger partial charge in [-0.15, -0.1) is 0 Å². The average Bonchev–Trinajstić information content (AvgIpc) is 2.83. The predicted octanol–water partition coefficient (Wildman–Crippen LogP) is 3.20. The number of nitrogens with one attached hydrogen (secondary N) is 1. The standard InChI is InChI=1S/C16H21N3O/c1-10(2)9-20-11-6-7-14-13(8-11)12-4-3-5-15(19-17)16(12)18-14/h6-8,10,18H,3-5,9,17H2,1-2H3. The Hall–Kier alpha value is -1.97. The Morgan fingerprint density at radius 3 is 2.95 bits per heavy atom. The molecule has 0 saturated heterocycles. The van der Waals surface area contributed by atoms with Crippen LogP contribution in [0.3, 0.4) is 0 Å². The van der Waals surface area contributed by atoms with Gasteiger partial charge in [0.2, 0.25) is 0 Å². The van der Waals surface area contributed by atoms with Crippen LogP contribution >= 0.6 is 0 Å². The normalized spacial score (nSPS) is 16.9. The van der Waals surface area contributed by atoms with Crippen LogP contribution in [0.15, 0.2) is 23.3 Å². The van der Waals surface area contributed by atoms with Gasteiger partial charge in [-0.25, -0.2) is 0 Å². The van der Waals surface area contributed by atoms with Gasteiger partial charge in [0.25, 0.3) is 0 Å². The van der Waals surface area contributed by atoms with Crippen molar-refractivity contribution < 1.29 is 4.74 Å². The maximum Gasteiger partial charge on any atom is 0.120 e. The number of aryl methyl sites for hydroxylation is 1. The van der Waals surface area contributed by atoms with Gasteiger partial charge in [-0.1, -0.05) is 13.8 Å². The Bertz CT molecular complexity index is 655. The molecule has 4 heteroatoms. The van der Waals surface area contributed by atoms with Crippen molar-refractivity contribution in [2.24, 2.45) is 16.9 Å². The molecule has 1 aromatic heterocycles. The van der Waals surface area contributed by atoms with E-state index in [4.69, 9.17) is 10.6 Å². The van der Waals surface area contributed by atoms with E-state index in [-0.39, 0.29) is 0 Å². The first-order valence-corrected chi connectivity index (χ1v) is 7.23. The first-order valence-electron chi connectivity index (χ1n) is 7.23. The summed E-state index contributed by atoms with van der Waals surface area (Å²) in [4.78, 5) is 3.44. The number of nitrogens with zero attached hydrogens (tertiary/aromatic N) is 1. The molecule has 3 N–H and O–H groups in total. The van der Waals surface area contributed by atoms with E-state index in [2.05, 4.69) is 36.1 Å². The number of H-pyrrole nitrogens is 1. The third-order valence-corrected chi connectivity index (χ3v) is 3.75. The summed E-state index contributed by atoms with van der Waals surface area (Å²) in [7, 11) is 0. The number of hydrogen-bond donors (Lipinski definition) is 2. The third kappa shape index (κ3) is 2.26. The summed E-state index contributed by atoms with van der Waals surface area (Å²) in [6.07, 6.45) is 3.13. The lowest BCUT2D eigenvalue weighted by Crippen LogP contribution is -2.12. The van der Waals surface area contributed by atoms with Gasteiger partial charge in [0.05, 0.1) is 18.0 Å². The summed E-state index contributed by atoms with van der Waals surface area (Å²) in [6.45, 7) is 5.05. The molecule has 0 radical (unpaired) electrons. The Balaban J connectivity index is 2.01. The first-order chi connectivity index (χ1) is 9.69. The fourth-order valence-electron chi connectivity index (χ4n) is 2.77. The number of hydrogen-bond acceptors (Lipinski definition) is 3. The molecule has 0 aliphatic heterocycles. The molecule has 0 spiro atoms. The maximum atomic E-state index is 5.82. The highest BCUT2D eigenvalue weighted by Gasteiger charge is 2.20. The van der Waals surface area contributed by atoms with Gasteiger partial charge in [0.15, 0.2) is 0 Å². The van der Waals surface area contributed by atoms with Crippen molar-refractivity contribution in [3.63, 3.8) is 0 Å². The van der Waals surface area contributed by atoms with Gasteiger partial charge in [0.1, 0.15) is 5.75 Å². The number of benzene rings is 1. The highest BCUT2D eigenvalue weighted by Crippen LogP contribution is 2.31. The van der Waals surface area contributed by atoms with E-state index in [1.54, 1.807) is 0 Å². The summed E-state index contributed by atoms with van der Waals surface area (Å²) in [5, 5.41) is 5.16. The molecular weight excluding hydrogens is 250 g/mol. The number of fused-ring (bicyclic) bond motifs is 3. The van der Waals surface area contributed by atoms with Gasteiger partial charge in [-0.2, -0.15) is 5.10 Å². The second-order valence-corrected chi connectivity index (χ2v) is 5.82. The molecule has 20 heavy (non-hydrogen) atoms. The number of aromatic amines is 1. The average molecular weight is 271 g/mol. The lowest BCUT2D eigenvalue weighted by molar-refractivity contribution is 0.271. The van der Waals surface area contributed by atoms with Crippen molar-refractivity contribution in [3.05, 3.63) is 29.5 Å². The van der Waals surface area contributed by atoms with Gasteiger partial charge in [0, 0.05) is 10.9 Å². The van der Waals surface area contributed by atoms with Crippen LogP contribution in [-0.2, 0) is 6.42 Å². The molecule has 4 nitrogen and oxygen atoms in total. The topological polar surface area (TPSA) is 63.4 Å². The van der Waals surface area contributed by atoms with Crippen molar-refractivity contribution in [1.82, 2.24) is 4.98 Å². The number of nitrogens with two attached hydrogens (primary N) is 1. The van der Waals surface area contributed by atoms with Crippen LogP contribution in [0.25, 0.3) is 10.9 Å². The van der Waals surface area contributed by atoms with Crippen LogP contribution in [0.1, 0.15) is 37.9 Å². The molecule has 1 heterocycles. The first kappa shape index (κ1) is 13.0. The molecule has 0 amide bonds. The van der Waals surface area contributed by atoms with Crippen LogP contribution in [-0.4, -0.2) is 17.3 Å². The van der Waals surface area contributed by atoms with Crippen LogP contribution in [0.5, 0.6) is 5.75 Å². The van der Waals surface area contributed by atoms with Gasteiger partial charge in [-0.3, -0.25) is 0 Å². The van der Waals surface area contributed by atoms with E-state index >= 15 is 0 Å². The van der Waals surface area contributed by atoms with Gasteiger partial charge in [-0.05, 0) is 48.9 Å². The van der Waals surface area contributed by atoms with Crippen molar-refractivity contribution >= 4 is 16.6 Å². The SMILES string of the molecule is CC(C)COc1ccc2[nH]c3c(c2c1)CCCC3=NN. The van der Waals surface area contributed by atoms with Crippen LogP contribution in [0.4, 0.5) is 0 Å². The van der Waals surface area contributed by atoms with Gasteiger partial charge < -0.3 is 15.6 Å². The highest BCUT2D eigenvalue weighted by molar-refractivity contribution is 6.06. The van der Waals surface area contributed by atoms with E-state index in [0.29, 0.717) is 5.92 Å². The molecular formula is C16H21N3O. The Labute approximate surface area is 119 Å². The highest BCUT2D eigenvalue weighted by atomic mass is 16.5. The van der Waals surface area contributed by atoms with Crippen molar-refractivity contribution in [3.8, 4) is 5.75 Å². The number of ether oxygens (including phenoxy) is 1. The lowest BCUT2D eigenvalue weighted by atomic mass is 9.94. The molecule has 1 aromatic carbocycles. The third-order valence-electron chi connectivity index (χ3n) is 3.75. The molecule has 106 valence electrons. The summed E-state index contributed by atoms with van der Waals surface area (Å²) in [5.41, 5.74) is 4.54. The molecule has 1 aliphatic rings. The summed E-state index contributed by atoms with van der Waals surface area (Å²) in [6, 6.07) is 6.23. The molecule has 0 fully saturated rings. The summed E-state index contributed by atoms with van der Waals surface area (Å²) >= 11 is 0. The molecule has 1 aliphatic carbocycles. The van der Waals surface area contributed by atoms with Crippen LogP contribution in [0, 0.1) is 5.92 Å². The number of hydrazone groups is 1. The van der Waals surface area contributed by atoms with E-state index in [9.17, 15) is 0 Å². The molecule has 0 bridgehead atoms. The van der Waals surface area contributed by atoms with E-state index in [0.717, 1.165) is 48.5 Å². The van der Waals surface area contributed by atoms with Crippen LogP contribution in [0.2, 0.25) is 0 Å². The maximum absolute atomic E-state index is 5.82. The molecule has 2 aromatic rings. The van der Waals surface area contributed by atoms with Crippen LogP contribution < -0.4 is 10.6 Å². The molecule has 0 saturated carbocycles. The molecule has 3 rings (SSSR count). The fourth-order valence-corrected chi connectivity index (χ4v) is 2.77. The summed E-state index contributed by atoms with van der Waals surface area (Å²) < 4.78 is 5.82. The zero-order valence-electron chi connectivity index (χ0n) is 12.1. The van der Waals surface area contributed by atoms with Crippen molar-refractivity contribution in [2.75, 3.05) is 6.61 Å². The van der Waals surface area contributed by atoms with Crippen molar-refractivity contribution in [2.45, 2.75) is 33.1 Å². The summed E-state index contributed by atoms with van der Waals surface area (Å²) in [5.74, 6) is 6.96. The largest absolute Gasteiger partial charge is 0.493 e. The zero-order valence-corrected chi connectivity index (χ0v) is 12.1.